The van der Waals surface area contributed by atoms with Gasteiger partial charge in [0.25, 0.3) is 0 Å². The van der Waals surface area contributed by atoms with Crippen LogP contribution in [-0.4, -0.2) is 24.1 Å². The number of rotatable bonds is 6. The third kappa shape index (κ3) is 5.66. The van der Waals surface area contributed by atoms with Gasteiger partial charge in [-0.25, -0.2) is 15.0 Å². The molecule has 0 aliphatic rings. The quantitative estimate of drug-likeness (QED) is 0.168. The van der Waals surface area contributed by atoms with Crippen LogP contribution in [0.15, 0.2) is 212 Å². The van der Waals surface area contributed by atoms with Gasteiger partial charge in [-0.1, -0.05) is 152 Å². The molecule has 0 amide bonds. The first-order valence-electron chi connectivity index (χ1n) is 21.2. The summed E-state index contributed by atoms with van der Waals surface area (Å²) in [7, 11) is 0. The first kappa shape index (κ1) is 35.6. The van der Waals surface area contributed by atoms with E-state index in [2.05, 4.69) is 185 Å². The highest BCUT2D eigenvalue weighted by Crippen LogP contribution is 2.46. The van der Waals surface area contributed by atoms with Gasteiger partial charge in [-0.2, -0.15) is 0 Å². The van der Waals surface area contributed by atoms with Gasteiger partial charge in [0.1, 0.15) is 0 Å². The fraction of sp³-hybridized carbons (Fsp3) is 0. The van der Waals surface area contributed by atoms with Gasteiger partial charge >= 0.3 is 0 Å². The molecule has 0 atom stereocenters. The number of benzene rings is 9. The molecule has 4 aromatic heterocycles. The second-order valence-electron chi connectivity index (χ2n) is 16.0. The van der Waals surface area contributed by atoms with Crippen molar-refractivity contribution in [1.29, 1.82) is 0 Å². The summed E-state index contributed by atoms with van der Waals surface area (Å²) >= 11 is 1.80. The number of thiophene rings is 1. The first-order valence-corrected chi connectivity index (χ1v) is 22.0. The van der Waals surface area contributed by atoms with Gasteiger partial charge in [0.15, 0.2) is 17.5 Å². The molecule has 13 aromatic rings. The normalized spacial score (nSPS) is 11.8. The third-order valence-electron chi connectivity index (χ3n) is 12.4. The molecule has 0 aliphatic heterocycles. The smallest absolute Gasteiger partial charge is 0.165 e. The highest BCUT2D eigenvalue weighted by Gasteiger charge is 2.24. The summed E-state index contributed by atoms with van der Waals surface area (Å²) < 4.78 is 7.25. The molecule has 0 unspecified atom stereocenters. The van der Waals surface area contributed by atoms with Gasteiger partial charge in [0.05, 0.1) is 27.8 Å². The zero-order valence-electron chi connectivity index (χ0n) is 33.9. The number of fused-ring (bicyclic) bond motifs is 9. The fourth-order valence-corrected chi connectivity index (χ4v) is 10.7. The average Bonchev–Trinajstić information content (AvgIpc) is 4.01. The Hall–Kier alpha value is -8.19. The van der Waals surface area contributed by atoms with Crippen molar-refractivity contribution in [3.05, 3.63) is 212 Å². The van der Waals surface area contributed by atoms with Gasteiger partial charge in [-0.15, -0.1) is 11.3 Å². The maximum absolute atomic E-state index is 5.22. The largest absolute Gasteiger partial charge is 0.309 e. The Labute approximate surface area is 366 Å². The van der Waals surface area contributed by atoms with Gasteiger partial charge in [0.2, 0.25) is 0 Å². The number of nitrogens with zero attached hydrogens (tertiary/aromatic N) is 5. The summed E-state index contributed by atoms with van der Waals surface area (Å²) in [5.74, 6) is 1.94. The maximum atomic E-state index is 5.22. The molecule has 0 N–H and O–H groups in total. The lowest BCUT2D eigenvalue weighted by Gasteiger charge is -2.14. The number of aromatic nitrogens is 5. The minimum atomic E-state index is 0.646. The molecular weight excluding hydrogens is 787 g/mol. The Balaban J connectivity index is 1.13. The highest BCUT2D eigenvalue weighted by atomic mass is 32.1. The Morgan fingerprint density at radius 2 is 0.857 bits per heavy atom. The molecule has 0 fully saturated rings. The van der Waals surface area contributed by atoms with Gasteiger partial charge < -0.3 is 9.13 Å². The predicted octanol–water partition coefficient (Wildman–Crippen LogP) is 15.1. The second kappa shape index (κ2) is 14.2. The molecule has 0 radical (unpaired) electrons. The molecule has 0 spiro atoms. The summed E-state index contributed by atoms with van der Waals surface area (Å²) in [6, 6.07) is 75.7. The van der Waals surface area contributed by atoms with Crippen LogP contribution in [0.5, 0.6) is 0 Å². The molecule has 63 heavy (non-hydrogen) atoms. The monoisotopic (exact) mass is 821 g/mol. The molecule has 4 heterocycles. The summed E-state index contributed by atoms with van der Waals surface area (Å²) in [6.45, 7) is 0. The Kier molecular flexibility index (Phi) is 8.01. The Bertz CT molecular complexity index is 3830. The van der Waals surface area contributed by atoms with E-state index in [1.807, 2.05) is 36.4 Å². The average molecular weight is 822 g/mol. The van der Waals surface area contributed by atoms with Crippen LogP contribution in [0.25, 0.3) is 120 Å². The van der Waals surface area contributed by atoms with Crippen molar-refractivity contribution in [2.75, 3.05) is 0 Å². The van der Waals surface area contributed by atoms with E-state index in [-0.39, 0.29) is 0 Å². The lowest BCUT2D eigenvalue weighted by atomic mass is 10.0. The van der Waals surface area contributed by atoms with Crippen molar-refractivity contribution in [3.63, 3.8) is 0 Å². The van der Waals surface area contributed by atoms with Gasteiger partial charge in [0, 0.05) is 64.1 Å². The lowest BCUT2D eigenvalue weighted by molar-refractivity contribution is 1.08. The summed E-state index contributed by atoms with van der Waals surface area (Å²) in [4.78, 5) is 15.5. The molecule has 0 saturated carbocycles. The molecule has 5 nitrogen and oxygen atoms in total. The van der Waals surface area contributed by atoms with E-state index >= 15 is 0 Å². The molecule has 13 rings (SSSR count). The van der Waals surface area contributed by atoms with Crippen LogP contribution in [-0.2, 0) is 0 Å². The number of hydrogen-bond acceptors (Lipinski definition) is 4. The minimum Gasteiger partial charge on any atom is -0.309 e. The second-order valence-corrected chi connectivity index (χ2v) is 17.0. The molecule has 6 heteroatoms. The van der Waals surface area contributed by atoms with Gasteiger partial charge in [-0.3, -0.25) is 0 Å². The molecule has 294 valence electrons. The van der Waals surface area contributed by atoms with Crippen LogP contribution in [0.4, 0.5) is 0 Å². The van der Waals surface area contributed by atoms with Crippen molar-refractivity contribution in [2.24, 2.45) is 0 Å². The van der Waals surface area contributed by atoms with E-state index in [9.17, 15) is 0 Å². The summed E-state index contributed by atoms with van der Waals surface area (Å²) in [5.41, 5.74) is 12.2. The summed E-state index contributed by atoms with van der Waals surface area (Å²) in [5, 5.41) is 7.21. The highest BCUT2D eigenvalue weighted by molar-refractivity contribution is 7.26. The van der Waals surface area contributed by atoms with E-state index in [0.717, 1.165) is 43.8 Å². The fourth-order valence-electron chi connectivity index (χ4n) is 9.51. The van der Waals surface area contributed by atoms with Crippen LogP contribution in [0.3, 0.4) is 0 Å². The van der Waals surface area contributed by atoms with Crippen LogP contribution < -0.4 is 0 Å². The van der Waals surface area contributed by atoms with Crippen LogP contribution in [0.1, 0.15) is 0 Å². The van der Waals surface area contributed by atoms with Crippen LogP contribution >= 0.6 is 11.3 Å². The van der Waals surface area contributed by atoms with Crippen molar-refractivity contribution in [3.8, 4) is 56.7 Å². The van der Waals surface area contributed by atoms with Crippen LogP contribution in [0.2, 0.25) is 0 Å². The van der Waals surface area contributed by atoms with E-state index in [4.69, 9.17) is 15.0 Å². The topological polar surface area (TPSA) is 48.5 Å². The van der Waals surface area contributed by atoms with E-state index in [1.165, 1.54) is 59.2 Å². The lowest BCUT2D eigenvalue weighted by Crippen LogP contribution is -2.01. The van der Waals surface area contributed by atoms with Gasteiger partial charge in [-0.05, 0) is 71.8 Å². The van der Waals surface area contributed by atoms with Crippen LogP contribution in [0, 0.1) is 0 Å². The van der Waals surface area contributed by atoms with Crippen molar-refractivity contribution >= 4 is 75.1 Å². The number of hydrogen-bond donors (Lipinski definition) is 0. The third-order valence-corrected chi connectivity index (χ3v) is 13.6. The maximum Gasteiger partial charge on any atom is 0.165 e. The molecule has 0 aliphatic carbocycles. The van der Waals surface area contributed by atoms with Crippen molar-refractivity contribution in [2.45, 2.75) is 0 Å². The molecule has 0 bridgehead atoms. The standard InChI is InChI=1S/C57H35N5S/c1-5-17-36(18-6-1)39-29-31-48-44(33-39)46-35-50-45(41-25-13-15-27-47(41)61(50)40-23-11-4-12-24-40)34-51(46)62(48)49-32-30-43(54-53(49)42-26-14-16-28-52(42)63-54)57-59-55(37-19-7-2-8-20-37)58-56(60-57)38-21-9-3-10-22-38/h1-35H. The van der Waals surface area contributed by atoms with E-state index in [1.54, 1.807) is 11.3 Å². The molecular formula is C57H35N5S. The van der Waals surface area contributed by atoms with E-state index in [0.29, 0.717) is 17.5 Å². The Morgan fingerprint density at radius 3 is 1.56 bits per heavy atom. The summed E-state index contributed by atoms with van der Waals surface area (Å²) in [6.07, 6.45) is 0. The van der Waals surface area contributed by atoms with E-state index < -0.39 is 0 Å². The Morgan fingerprint density at radius 1 is 0.333 bits per heavy atom. The SMILES string of the molecule is c1ccc(-c2ccc3c(c2)c2cc4c(cc2n3-c2ccc(-c3nc(-c5ccccc5)nc(-c5ccccc5)n3)c3sc5ccccc5c23)c2ccccc2n4-c2ccccc2)cc1. The zero-order valence-corrected chi connectivity index (χ0v) is 34.7. The predicted molar refractivity (Wildman–Crippen MR) is 263 cm³/mol. The molecule has 0 saturated heterocycles. The zero-order chi connectivity index (χ0) is 41.4. The minimum absolute atomic E-state index is 0.646. The van der Waals surface area contributed by atoms with Crippen molar-refractivity contribution < 1.29 is 0 Å². The number of para-hydroxylation sites is 2. The van der Waals surface area contributed by atoms with Crippen molar-refractivity contribution in [1.82, 2.24) is 24.1 Å². The molecule has 9 aromatic carbocycles. The first-order chi connectivity index (χ1) is 31.2.